The lowest BCUT2D eigenvalue weighted by molar-refractivity contribution is 0.619. The predicted molar refractivity (Wildman–Crippen MR) is 104 cm³/mol. The van der Waals surface area contributed by atoms with Crippen molar-refractivity contribution in [2.24, 2.45) is 25.7 Å². The Bertz CT molecular complexity index is 1230. The fourth-order valence-electron chi connectivity index (χ4n) is 3.05. The van der Waals surface area contributed by atoms with Gasteiger partial charge in [0.05, 0.1) is 23.1 Å². The molecule has 0 spiro atoms. The maximum atomic E-state index is 12.9. The van der Waals surface area contributed by atoms with E-state index in [9.17, 15) is 4.79 Å². The van der Waals surface area contributed by atoms with Crippen LogP contribution in [0.1, 0.15) is 10.7 Å². The van der Waals surface area contributed by atoms with E-state index in [0.717, 1.165) is 26.4 Å². The van der Waals surface area contributed by atoms with E-state index in [0.29, 0.717) is 24.2 Å². The van der Waals surface area contributed by atoms with Gasteiger partial charge in [-0.05, 0) is 6.07 Å². The summed E-state index contributed by atoms with van der Waals surface area (Å²) >= 11 is 1.50. The lowest BCUT2D eigenvalue weighted by Crippen LogP contribution is -2.24. The Morgan fingerprint density at radius 2 is 2.22 bits per heavy atom. The van der Waals surface area contributed by atoms with Crippen molar-refractivity contribution in [2.45, 2.75) is 13.0 Å². The van der Waals surface area contributed by atoms with Crippen LogP contribution in [-0.4, -0.2) is 29.1 Å². The molecule has 0 aliphatic heterocycles. The summed E-state index contributed by atoms with van der Waals surface area (Å²) in [5.74, 6) is 5.25. The van der Waals surface area contributed by atoms with Crippen molar-refractivity contribution < 1.29 is 0 Å². The average Bonchev–Trinajstić information content (AvgIpc) is 3.28. The summed E-state index contributed by atoms with van der Waals surface area (Å²) in [6, 6.07) is 1.86. The molecule has 140 valence electrons. The van der Waals surface area contributed by atoms with Gasteiger partial charge in [0.15, 0.2) is 5.65 Å². The molecule has 4 aromatic heterocycles. The van der Waals surface area contributed by atoms with Crippen LogP contribution in [0.25, 0.3) is 21.3 Å². The number of nitrogens with zero attached hydrogens (tertiary/aromatic N) is 6. The number of hydrazine groups is 1. The lowest BCUT2D eigenvalue weighted by Gasteiger charge is -2.03. The van der Waals surface area contributed by atoms with Gasteiger partial charge in [0.25, 0.3) is 5.56 Å². The minimum atomic E-state index is -0.167. The first-order valence-electron chi connectivity index (χ1n) is 8.21. The van der Waals surface area contributed by atoms with Crippen molar-refractivity contribution in [1.29, 1.82) is 0 Å². The van der Waals surface area contributed by atoms with Gasteiger partial charge in [0.1, 0.15) is 10.5 Å². The molecule has 4 aromatic rings. The van der Waals surface area contributed by atoms with Crippen molar-refractivity contribution in [2.75, 3.05) is 0 Å². The number of nitrogens with one attached hydrogen (secondary N) is 1. The highest BCUT2D eigenvalue weighted by molar-refractivity contribution is 7.19. The van der Waals surface area contributed by atoms with E-state index in [1.807, 2.05) is 30.9 Å². The first-order chi connectivity index (χ1) is 13.0. The topological polar surface area (TPSA) is 135 Å². The molecule has 0 saturated heterocycles. The number of hydrogen-bond donors (Lipinski definition) is 3. The maximum Gasteiger partial charge on any atom is 0.291 e. The fourth-order valence-corrected chi connectivity index (χ4v) is 4.19. The normalized spacial score (nSPS) is 12.3. The zero-order chi connectivity index (χ0) is 19.1. The van der Waals surface area contributed by atoms with E-state index in [1.54, 1.807) is 10.9 Å². The smallest absolute Gasteiger partial charge is 0.291 e. The van der Waals surface area contributed by atoms with Gasteiger partial charge in [0, 0.05) is 44.0 Å². The van der Waals surface area contributed by atoms with E-state index in [-0.39, 0.29) is 5.56 Å². The van der Waals surface area contributed by atoms with E-state index < -0.39 is 0 Å². The molecule has 0 radical (unpaired) electrons. The molecule has 0 fully saturated rings. The molecule has 0 amide bonds. The second-order valence-electron chi connectivity index (χ2n) is 6.23. The Hall–Kier alpha value is -3.18. The second kappa shape index (κ2) is 6.52. The van der Waals surface area contributed by atoms with Crippen LogP contribution in [0.2, 0.25) is 0 Å². The number of rotatable bonds is 5. The van der Waals surface area contributed by atoms with E-state index in [2.05, 4.69) is 20.6 Å². The molecular weight excluding hydrogens is 366 g/mol. The van der Waals surface area contributed by atoms with Gasteiger partial charge in [-0.1, -0.05) is 0 Å². The third kappa shape index (κ3) is 2.96. The van der Waals surface area contributed by atoms with Gasteiger partial charge >= 0.3 is 0 Å². The van der Waals surface area contributed by atoms with Crippen LogP contribution in [0.15, 0.2) is 35.2 Å². The van der Waals surface area contributed by atoms with Crippen LogP contribution in [0.3, 0.4) is 0 Å². The van der Waals surface area contributed by atoms with Crippen molar-refractivity contribution in [3.05, 3.63) is 51.4 Å². The monoisotopic (exact) mass is 385 g/mol. The summed E-state index contributed by atoms with van der Waals surface area (Å²) in [5.41, 5.74) is 10.8. The Morgan fingerprint density at radius 3 is 2.93 bits per heavy atom. The minimum Gasteiger partial charge on any atom is -0.400 e. The summed E-state index contributed by atoms with van der Waals surface area (Å²) in [7, 11) is 3.67. The van der Waals surface area contributed by atoms with Crippen LogP contribution in [-0.2, 0) is 27.1 Å². The molecule has 27 heavy (non-hydrogen) atoms. The third-order valence-corrected chi connectivity index (χ3v) is 5.35. The lowest BCUT2D eigenvalue weighted by atomic mass is 10.3. The number of aromatic nitrogens is 6. The standard InChI is InChI=1S/C16H19N9OS/c1-23-4-3-10(22-23)8-25-16(26)13-11(7-20-25)14-15(24(13)2)21-12(27-14)5-9(17)6-19-18/h3-4,6-7,19H,5,8,17-18H2,1-2H3/b9-6-. The van der Waals surface area contributed by atoms with Gasteiger partial charge < -0.3 is 15.7 Å². The predicted octanol–water partition coefficient (Wildman–Crippen LogP) is -0.0676. The Balaban J connectivity index is 1.78. The number of nitrogens with two attached hydrogens (primary N) is 2. The summed E-state index contributed by atoms with van der Waals surface area (Å²) in [4.78, 5) is 17.6. The molecule has 0 saturated carbocycles. The van der Waals surface area contributed by atoms with Crippen LogP contribution in [0.5, 0.6) is 0 Å². The molecule has 4 rings (SSSR count). The van der Waals surface area contributed by atoms with Crippen LogP contribution < -0.4 is 22.6 Å². The zero-order valence-corrected chi connectivity index (χ0v) is 15.7. The molecule has 10 nitrogen and oxygen atoms in total. The van der Waals surface area contributed by atoms with Crippen molar-refractivity contribution in [3.8, 4) is 0 Å². The van der Waals surface area contributed by atoms with Gasteiger partial charge in [-0.25, -0.2) is 9.67 Å². The van der Waals surface area contributed by atoms with Crippen LogP contribution >= 0.6 is 11.3 Å². The molecule has 5 N–H and O–H groups in total. The summed E-state index contributed by atoms with van der Waals surface area (Å²) in [5, 5.41) is 10.3. The molecule has 11 heteroatoms. The molecule has 0 bridgehead atoms. The highest BCUT2D eigenvalue weighted by Gasteiger charge is 2.18. The van der Waals surface area contributed by atoms with Crippen LogP contribution in [0.4, 0.5) is 0 Å². The molecule has 0 aliphatic carbocycles. The highest BCUT2D eigenvalue weighted by atomic mass is 32.1. The van der Waals surface area contributed by atoms with E-state index in [1.165, 1.54) is 22.2 Å². The number of allylic oxidation sites excluding steroid dienone is 1. The van der Waals surface area contributed by atoms with Crippen molar-refractivity contribution in [3.63, 3.8) is 0 Å². The van der Waals surface area contributed by atoms with Gasteiger partial charge in [-0.2, -0.15) is 10.2 Å². The Labute approximate surface area is 157 Å². The summed E-state index contributed by atoms with van der Waals surface area (Å²) in [6.07, 6.45) is 5.56. The minimum absolute atomic E-state index is 0.167. The SMILES string of the molecule is Cn1ccc(Cn2ncc3c4sc(C/C(N)=C/NN)nc4n(C)c3c2=O)n1. The van der Waals surface area contributed by atoms with Gasteiger partial charge in [0.2, 0.25) is 0 Å². The average molecular weight is 385 g/mol. The number of hydrogen-bond acceptors (Lipinski definition) is 8. The fraction of sp³-hybridized carbons (Fsp3) is 0.250. The highest BCUT2D eigenvalue weighted by Crippen LogP contribution is 2.31. The first kappa shape index (κ1) is 17.2. The quantitative estimate of drug-likeness (QED) is 0.323. The number of thiazole rings is 1. The largest absolute Gasteiger partial charge is 0.400 e. The van der Waals surface area contributed by atoms with Gasteiger partial charge in [-0.3, -0.25) is 15.3 Å². The van der Waals surface area contributed by atoms with Gasteiger partial charge in [-0.15, -0.1) is 11.3 Å². The van der Waals surface area contributed by atoms with E-state index >= 15 is 0 Å². The van der Waals surface area contributed by atoms with Crippen LogP contribution in [0, 0.1) is 0 Å². The molecule has 0 atom stereocenters. The van der Waals surface area contributed by atoms with Crippen molar-refractivity contribution in [1.82, 2.24) is 34.5 Å². The molecule has 0 aliphatic rings. The maximum absolute atomic E-state index is 12.9. The Kier molecular flexibility index (Phi) is 4.16. The number of fused-ring (bicyclic) bond motifs is 3. The third-order valence-electron chi connectivity index (χ3n) is 4.27. The first-order valence-corrected chi connectivity index (χ1v) is 9.02. The zero-order valence-electron chi connectivity index (χ0n) is 14.9. The number of aryl methyl sites for hydroxylation is 2. The summed E-state index contributed by atoms with van der Waals surface area (Å²) in [6.45, 7) is 0.320. The second-order valence-corrected chi connectivity index (χ2v) is 7.32. The molecule has 0 aromatic carbocycles. The Morgan fingerprint density at radius 1 is 1.41 bits per heavy atom. The molecule has 4 heterocycles. The summed E-state index contributed by atoms with van der Waals surface area (Å²) < 4.78 is 5.85. The molecular formula is C16H19N9OS. The molecule has 0 unspecified atom stereocenters. The van der Waals surface area contributed by atoms with E-state index in [4.69, 9.17) is 11.6 Å². The van der Waals surface area contributed by atoms with Crippen molar-refractivity contribution >= 4 is 32.6 Å².